The SMILES string of the molecule is CCCC(NC(=O)CCCCCCCCCCCCCCCCC(=O)OC(C)(C)C)C(=O)O. The molecule has 6 heteroatoms. The molecular formula is C27H51NO5. The van der Waals surface area contributed by atoms with Crippen molar-refractivity contribution < 1.29 is 24.2 Å². The van der Waals surface area contributed by atoms with Crippen molar-refractivity contribution in [3.63, 3.8) is 0 Å². The summed E-state index contributed by atoms with van der Waals surface area (Å²) < 4.78 is 5.32. The Morgan fingerprint density at radius 3 is 1.48 bits per heavy atom. The first-order valence-corrected chi connectivity index (χ1v) is 13.4. The van der Waals surface area contributed by atoms with E-state index in [0.717, 1.165) is 38.5 Å². The van der Waals surface area contributed by atoms with Crippen LogP contribution in [0.3, 0.4) is 0 Å². The highest BCUT2D eigenvalue weighted by molar-refractivity contribution is 5.83. The van der Waals surface area contributed by atoms with Gasteiger partial charge >= 0.3 is 11.9 Å². The van der Waals surface area contributed by atoms with Crippen molar-refractivity contribution in [2.45, 2.75) is 155 Å². The molecule has 0 aromatic rings. The quantitative estimate of drug-likeness (QED) is 0.140. The highest BCUT2D eigenvalue weighted by Gasteiger charge is 2.18. The number of esters is 1. The Bertz CT molecular complexity index is 527. The van der Waals surface area contributed by atoms with Gasteiger partial charge < -0.3 is 15.2 Å². The fourth-order valence-corrected chi connectivity index (χ4v) is 3.88. The molecule has 0 aromatic heterocycles. The number of carbonyl (C=O) groups is 3. The van der Waals surface area contributed by atoms with Crippen molar-refractivity contribution in [3.8, 4) is 0 Å². The number of nitrogens with one attached hydrogen (secondary N) is 1. The van der Waals surface area contributed by atoms with E-state index in [9.17, 15) is 14.4 Å². The standard InChI is InChI=1S/C27H51NO5/c1-5-20-23(26(31)32)28-24(29)21-18-16-14-12-10-8-6-7-9-11-13-15-17-19-22-25(30)33-27(2,3)4/h23H,5-22H2,1-4H3,(H,28,29)(H,31,32). The van der Waals surface area contributed by atoms with Crippen molar-refractivity contribution in [2.75, 3.05) is 0 Å². The summed E-state index contributed by atoms with van der Waals surface area (Å²) in [6, 6.07) is -0.744. The number of carboxylic acids is 1. The van der Waals surface area contributed by atoms with E-state index in [1.807, 2.05) is 27.7 Å². The van der Waals surface area contributed by atoms with Crippen LogP contribution in [0, 0.1) is 0 Å². The van der Waals surface area contributed by atoms with E-state index >= 15 is 0 Å². The molecule has 0 radical (unpaired) electrons. The van der Waals surface area contributed by atoms with Gasteiger partial charge in [-0.2, -0.15) is 0 Å². The summed E-state index contributed by atoms with van der Waals surface area (Å²) in [6.45, 7) is 7.64. The summed E-state index contributed by atoms with van der Waals surface area (Å²) in [6.07, 6.45) is 18.7. The first-order valence-electron chi connectivity index (χ1n) is 13.4. The first kappa shape index (κ1) is 31.4. The lowest BCUT2D eigenvalue weighted by atomic mass is 10.0. The molecule has 1 atom stereocenters. The molecule has 1 unspecified atom stereocenters. The molecule has 0 rings (SSSR count). The Balaban J connectivity index is 3.36. The van der Waals surface area contributed by atoms with Gasteiger partial charge in [-0.1, -0.05) is 90.4 Å². The molecule has 0 aliphatic rings. The van der Waals surface area contributed by atoms with Crippen LogP contribution in [0.2, 0.25) is 0 Å². The average molecular weight is 470 g/mol. The van der Waals surface area contributed by atoms with Gasteiger partial charge in [0.25, 0.3) is 0 Å². The molecule has 0 saturated carbocycles. The van der Waals surface area contributed by atoms with Gasteiger partial charge in [-0.05, 0) is 40.0 Å². The third-order valence-electron chi connectivity index (χ3n) is 5.67. The molecule has 0 heterocycles. The van der Waals surface area contributed by atoms with Crippen LogP contribution in [0.25, 0.3) is 0 Å². The van der Waals surface area contributed by atoms with Crippen LogP contribution in [0.5, 0.6) is 0 Å². The lowest BCUT2D eigenvalue weighted by Gasteiger charge is -2.19. The highest BCUT2D eigenvalue weighted by atomic mass is 16.6. The van der Waals surface area contributed by atoms with Gasteiger partial charge in [0.15, 0.2) is 0 Å². The molecule has 2 N–H and O–H groups in total. The number of rotatable bonds is 21. The summed E-state index contributed by atoms with van der Waals surface area (Å²) in [5.41, 5.74) is -0.377. The van der Waals surface area contributed by atoms with Gasteiger partial charge in [-0.3, -0.25) is 9.59 Å². The Hall–Kier alpha value is -1.59. The predicted octanol–water partition coefficient (Wildman–Crippen LogP) is 6.94. The van der Waals surface area contributed by atoms with Crippen LogP contribution < -0.4 is 5.32 Å². The molecule has 0 aliphatic heterocycles. The van der Waals surface area contributed by atoms with Crippen LogP contribution in [-0.2, 0) is 19.1 Å². The minimum Gasteiger partial charge on any atom is -0.480 e. The number of amides is 1. The molecule has 0 aromatic carbocycles. The Labute approximate surface area is 202 Å². The maximum atomic E-state index is 11.8. The number of aliphatic carboxylic acids is 1. The third kappa shape index (κ3) is 22.0. The Morgan fingerprint density at radius 2 is 1.12 bits per heavy atom. The van der Waals surface area contributed by atoms with Crippen molar-refractivity contribution in [2.24, 2.45) is 0 Å². The van der Waals surface area contributed by atoms with Crippen molar-refractivity contribution in [1.29, 1.82) is 0 Å². The highest BCUT2D eigenvalue weighted by Crippen LogP contribution is 2.15. The molecule has 0 fully saturated rings. The van der Waals surface area contributed by atoms with E-state index < -0.39 is 12.0 Å². The van der Waals surface area contributed by atoms with Gasteiger partial charge in [-0.15, -0.1) is 0 Å². The smallest absolute Gasteiger partial charge is 0.326 e. The summed E-state index contributed by atoms with van der Waals surface area (Å²) >= 11 is 0. The topological polar surface area (TPSA) is 92.7 Å². The third-order valence-corrected chi connectivity index (χ3v) is 5.67. The zero-order valence-corrected chi connectivity index (χ0v) is 21.9. The Kier molecular flexibility index (Phi) is 18.9. The molecule has 0 aliphatic carbocycles. The average Bonchev–Trinajstić information content (AvgIpc) is 2.71. The number of unbranched alkanes of at least 4 members (excludes halogenated alkanes) is 13. The van der Waals surface area contributed by atoms with Crippen LogP contribution >= 0.6 is 0 Å². The van der Waals surface area contributed by atoms with Gasteiger partial charge in [-0.25, -0.2) is 4.79 Å². The second-order valence-electron chi connectivity index (χ2n) is 10.3. The first-order chi connectivity index (χ1) is 15.7. The van der Waals surface area contributed by atoms with E-state index in [2.05, 4.69) is 5.32 Å². The molecular weight excluding hydrogens is 418 g/mol. The molecule has 194 valence electrons. The minimum absolute atomic E-state index is 0.0794. The minimum atomic E-state index is -0.944. The van der Waals surface area contributed by atoms with Crippen LogP contribution in [0.1, 0.15) is 143 Å². The zero-order valence-electron chi connectivity index (χ0n) is 21.9. The monoisotopic (exact) mass is 469 g/mol. The zero-order chi connectivity index (χ0) is 25.0. The van der Waals surface area contributed by atoms with Crippen LogP contribution in [-0.4, -0.2) is 34.6 Å². The van der Waals surface area contributed by atoms with Gasteiger partial charge in [0.2, 0.25) is 5.91 Å². The molecule has 1 amide bonds. The van der Waals surface area contributed by atoms with Crippen LogP contribution in [0.15, 0.2) is 0 Å². The number of hydrogen-bond acceptors (Lipinski definition) is 4. The van der Waals surface area contributed by atoms with E-state index in [4.69, 9.17) is 9.84 Å². The molecule has 33 heavy (non-hydrogen) atoms. The van der Waals surface area contributed by atoms with Crippen molar-refractivity contribution >= 4 is 17.8 Å². The lowest BCUT2D eigenvalue weighted by Crippen LogP contribution is -2.40. The maximum absolute atomic E-state index is 11.8. The fraction of sp³-hybridized carbons (Fsp3) is 0.889. The van der Waals surface area contributed by atoms with E-state index in [0.29, 0.717) is 19.3 Å². The number of carbonyl (C=O) groups excluding carboxylic acids is 2. The largest absolute Gasteiger partial charge is 0.480 e. The van der Waals surface area contributed by atoms with E-state index in [-0.39, 0.29) is 17.5 Å². The predicted molar refractivity (Wildman–Crippen MR) is 134 cm³/mol. The molecule has 0 bridgehead atoms. The van der Waals surface area contributed by atoms with Crippen LogP contribution in [0.4, 0.5) is 0 Å². The summed E-state index contributed by atoms with van der Waals surface area (Å²) in [4.78, 5) is 34.5. The lowest BCUT2D eigenvalue weighted by molar-refractivity contribution is -0.155. The molecule has 0 saturated heterocycles. The second kappa shape index (κ2) is 19.8. The number of ether oxygens (including phenoxy) is 1. The summed E-state index contributed by atoms with van der Waals surface area (Å²) in [5.74, 6) is -1.16. The fourth-order valence-electron chi connectivity index (χ4n) is 3.88. The second-order valence-corrected chi connectivity index (χ2v) is 10.3. The van der Waals surface area contributed by atoms with Gasteiger partial charge in [0.05, 0.1) is 0 Å². The normalized spacial score (nSPS) is 12.4. The number of hydrogen-bond donors (Lipinski definition) is 2. The summed E-state index contributed by atoms with van der Waals surface area (Å²) in [5, 5.41) is 11.7. The maximum Gasteiger partial charge on any atom is 0.326 e. The van der Waals surface area contributed by atoms with E-state index in [1.165, 1.54) is 57.8 Å². The van der Waals surface area contributed by atoms with Gasteiger partial charge in [0.1, 0.15) is 11.6 Å². The van der Waals surface area contributed by atoms with Gasteiger partial charge in [0, 0.05) is 12.8 Å². The number of carboxylic acid groups (broad SMARTS) is 1. The Morgan fingerprint density at radius 1 is 0.727 bits per heavy atom. The van der Waals surface area contributed by atoms with Crippen molar-refractivity contribution in [3.05, 3.63) is 0 Å². The van der Waals surface area contributed by atoms with Crippen molar-refractivity contribution in [1.82, 2.24) is 5.32 Å². The molecule has 6 nitrogen and oxygen atoms in total. The molecule has 0 spiro atoms. The van der Waals surface area contributed by atoms with E-state index in [1.54, 1.807) is 0 Å². The summed E-state index contributed by atoms with van der Waals surface area (Å²) in [7, 11) is 0.